The Morgan fingerprint density at radius 2 is 1.95 bits per heavy atom. The van der Waals surface area contributed by atoms with Gasteiger partial charge in [0.1, 0.15) is 6.04 Å². The van der Waals surface area contributed by atoms with Gasteiger partial charge in [-0.05, 0) is 31.3 Å². The molecule has 1 aromatic carbocycles. The molecule has 0 bridgehead atoms. The first-order chi connectivity index (χ1) is 10.5. The molecule has 0 saturated carbocycles. The van der Waals surface area contributed by atoms with Crippen LogP contribution in [0, 0.1) is 11.3 Å². The number of rotatable bonds is 6. The number of amides is 1. The van der Waals surface area contributed by atoms with E-state index >= 15 is 0 Å². The zero-order valence-corrected chi connectivity index (χ0v) is 13.8. The topological polar surface area (TPSA) is 50.6 Å². The summed E-state index contributed by atoms with van der Waals surface area (Å²) >= 11 is 0. The Balaban J connectivity index is 2.24. The molecule has 0 spiro atoms. The van der Waals surface area contributed by atoms with Gasteiger partial charge in [0.25, 0.3) is 5.91 Å². The lowest BCUT2D eigenvalue weighted by atomic mass is 10.0. The molecule has 0 radical (unpaired) electrons. The predicted octanol–water partition coefficient (Wildman–Crippen LogP) is 2.11. The quantitative estimate of drug-likeness (QED) is 0.807. The number of carbonyl (C=O) groups is 1. The van der Waals surface area contributed by atoms with E-state index in [0.717, 1.165) is 30.9 Å². The van der Waals surface area contributed by atoms with Crippen molar-refractivity contribution in [3.05, 3.63) is 29.3 Å². The largest absolute Gasteiger partial charge is 0.378 e. The molecule has 118 valence electrons. The predicted molar refractivity (Wildman–Crippen MR) is 87.9 cm³/mol. The van der Waals surface area contributed by atoms with Gasteiger partial charge >= 0.3 is 0 Å². The molecule has 5 heteroatoms. The van der Waals surface area contributed by atoms with Crippen molar-refractivity contribution in [2.75, 3.05) is 45.2 Å². The molecule has 0 N–H and O–H groups in total. The van der Waals surface area contributed by atoms with Crippen molar-refractivity contribution >= 4 is 11.6 Å². The Labute approximate surface area is 132 Å². The van der Waals surface area contributed by atoms with Crippen LogP contribution < -0.4 is 4.90 Å². The van der Waals surface area contributed by atoms with Crippen LogP contribution in [0.5, 0.6) is 0 Å². The van der Waals surface area contributed by atoms with Crippen molar-refractivity contribution < 1.29 is 4.79 Å². The van der Waals surface area contributed by atoms with E-state index in [9.17, 15) is 10.1 Å². The molecule has 1 unspecified atom stereocenters. The summed E-state index contributed by atoms with van der Waals surface area (Å²) in [5.41, 5.74) is 2.51. The normalized spacial score (nSPS) is 16.8. The average Bonchev–Trinajstić information content (AvgIpc) is 2.79. The van der Waals surface area contributed by atoms with Crippen molar-refractivity contribution in [3.63, 3.8) is 0 Å². The van der Waals surface area contributed by atoms with E-state index in [-0.39, 0.29) is 5.91 Å². The van der Waals surface area contributed by atoms with Gasteiger partial charge in [-0.1, -0.05) is 13.8 Å². The Bertz CT molecular complexity index is 587. The molecule has 1 atom stereocenters. The van der Waals surface area contributed by atoms with Crippen LogP contribution in [0.4, 0.5) is 5.69 Å². The molecule has 1 amide bonds. The highest BCUT2D eigenvalue weighted by molar-refractivity contribution is 6.00. The Morgan fingerprint density at radius 3 is 2.50 bits per heavy atom. The van der Waals surface area contributed by atoms with Crippen molar-refractivity contribution in [2.45, 2.75) is 19.9 Å². The smallest absolute Gasteiger partial charge is 0.255 e. The fraction of sp³-hybridized carbons (Fsp3) is 0.529. The number of fused-ring (bicyclic) bond motifs is 1. The first kappa shape index (κ1) is 16.3. The molecule has 22 heavy (non-hydrogen) atoms. The van der Waals surface area contributed by atoms with E-state index in [1.165, 1.54) is 0 Å². The Morgan fingerprint density at radius 1 is 1.27 bits per heavy atom. The zero-order chi connectivity index (χ0) is 16.3. The Kier molecular flexibility index (Phi) is 5.04. The van der Waals surface area contributed by atoms with Crippen LogP contribution in [-0.2, 0) is 0 Å². The van der Waals surface area contributed by atoms with Gasteiger partial charge in [0.05, 0.1) is 6.07 Å². The number of hydrogen-bond acceptors (Lipinski definition) is 4. The molecule has 0 saturated heterocycles. The number of hydrogen-bond donors (Lipinski definition) is 0. The molecule has 0 fully saturated rings. The summed E-state index contributed by atoms with van der Waals surface area (Å²) in [5, 5.41) is 9.54. The third kappa shape index (κ3) is 2.93. The van der Waals surface area contributed by atoms with Gasteiger partial charge in [0, 0.05) is 44.0 Å². The average molecular weight is 300 g/mol. The molecule has 5 nitrogen and oxygen atoms in total. The molecule has 1 aromatic rings. The summed E-state index contributed by atoms with van der Waals surface area (Å²) < 4.78 is 0. The highest BCUT2D eigenvalue weighted by Crippen LogP contribution is 2.35. The van der Waals surface area contributed by atoms with Crippen LogP contribution >= 0.6 is 0 Å². The lowest BCUT2D eigenvalue weighted by Gasteiger charge is -2.25. The van der Waals surface area contributed by atoms with Gasteiger partial charge in [-0.2, -0.15) is 5.26 Å². The van der Waals surface area contributed by atoms with Crippen LogP contribution in [0.2, 0.25) is 0 Å². The highest BCUT2D eigenvalue weighted by atomic mass is 16.2. The van der Waals surface area contributed by atoms with Crippen LogP contribution in [-0.4, -0.2) is 56.0 Å². The van der Waals surface area contributed by atoms with Crippen molar-refractivity contribution in [2.24, 2.45) is 0 Å². The van der Waals surface area contributed by atoms with E-state index in [0.29, 0.717) is 12.1 Å². The molecule has 1 aliphatic heterocycles. The fourth-order valence-corrected chi connectivity index (χ4v) is 2.85. The zero-order valence-electron chi connectivity index (χ0n) is 13.8. The summed E-state index contributed by atoms with van der Waals surface area (Å²) in [5.74, 6) is -0.0287. The number of nitrogens with zero attached hydrogens (tertiary/aromatic N) is 4. The van der Waals surface area contributed by atoms with Gasteiger partial charge in [-0.25, -0.2) is 0 Å². The second kappa shape index (κ2) is 6.80. The lowest BCUT2D eigenvalue weighted by molar-refractivity contribution is 0.0738. The molecule has 1 heterocycles. The second-order valence-corrected chi connectivity index (χ2v) is 5.72. The summed E-state index contributed by atoms with van der Waals surface area (Å²) in [4.78, 5) is 18.5. The molecule has 1 aliphatic rings. The van der Waals surface area contributed by atoms with E-state index in [2.05, 4.69) is 24.8 Å². The van der Waals surface area contributed by atoms with Gasteiger partial charge in [-0.3, -0.25) is 4.79 Å². The van der Waals surface area contributed by atoms with Crippen molar-refractivity contribution in [1.29, 1.82) is 5.26 Å². The summed E-state index contributed by atoms with van der Waals surface area (Å²) in [6.45, 7) is 7.50. The fourth-order valence-electron chi connectivity index (χ4n) is 2.85. The highest BCUT2D eigenvalue weighted by Gasteiger charge is 2.36. The van der Waals surface area contributed by atoms with E-state index < -0.39 is 6.04 Å². The van der Waals surface area contributed by atoms with Crippen molar-refractivity contribution in [3.8, 4) is 6.07 Å². The summed E-state index contributed by atoms with van der Waals surface area (Å²) in [7, 11) is 3.91. The number of likely N-dealkylation sites (N-methyl/N-ethyl adjacent to an activating group) is 1. The SMILES string of the molecule is CCN(CC)CCN1C(=O)c2ccc(N(C)C)cc2C1C#N. The van der Waals surface area contributed by atoms with E-state index in [4.69, 9.17) is 0 Å². The second-order valence-electron chi connectivity index (χ2n) is 5.72. The number of nitriles is 1. The summed E-state index contributed by atoms with van der Waals surface area (Å²) in [6, 6.07) is 7.55. The maximum absolute atomic E-state index is 12.6. The maximum Gasteiger partial charge on any atom is 0.255 e. The number of carbonyl (C=O) groups excluding carboxylic acids is 1. The van der Waals surface area contributed by atoms with Gasteiger partial charge in [0.2, 0.25) is 0 Å². The van der Waals surface area contributed by atoms with Crippen LogP contribution in [0.15, 0.2) is 18.2 Å². The van der Waals surface area contributed by atoms with E-state index in [1.54, 1.807) is 4.90 Å². The maximum atomic E-state index is 12.6. The van der Waals surface area contributed by atoms with Crippen LogP contribution in [0.3, 0.4) is 0 Å². The summed E-state index contributed by atoms with van der Waals surface area (Å²) in [6.07, 6.45) is 0. The molecule has 0 aromatic heterocycles. The van der Waals surface area contributed by atoms with Gasteiger partial charge < -0.3 is 14.7 Å². The lowest BCUT2D eigenvalue weighted by Crippen LogP contribution is -2.36. The van der Waals surface area contributed by atoms with Crippen molar-refractivity contribution in [1.82, 2.24) is 9.80 Å². The first-order valence-electron chi connectivity index (χ1n) is 7.77. The number of anilines is 1. The van der Waals surface area contributed by atoms with Crippen LogP contribution in [0.1, 0.15) is 35.8 Å². The first-order valence-corrected chi connectivity index (χ1v) is 7.77. The van der Waals surface area contributed by atoms with Crippen LogP contribution in [0.25, 0.3) is 0 Å². The van der Waals surface area contributed by atoms with Gasteiger partial charge in [0.15, 0.2) is 0 Å². The minimum absolute atomic E-state index is 0.0287. The monoisotopic (exact) mass is 300 g/mol. The Hall–Kier alpha value is -2.06. The molecule has 2 rings (SSSR count). The molecular weight excluding hydrogens is 276 g/mol. The third-order valence-electron chi connectivity index (χ3n) is 4.32. The number of benzene rings is 1. The van der Waals surface area contributed by atoms with Gasteiger partial charge in [-0.15, -0.1) is 0 Å². The minimum Gasteiger partial charge on any atom is -0.378 e. The molecule has 0 aliphatic carbocycles. The third-order valence-corrected chi connectivity index (χ3v) is 4.32. The van der Waals surface area contributed by atoms with E-state index in [1.807, 2.05) is 37.2 Å². The minimum atomic E-state index is -0.474. The standard InChI is InChI=1S/C17H24N4O/c1-5-20(6-2)9-10-21-16(12-18)15-11-13(19(3)4)7-8-14(15)17(21)22/h7-8,11,16H,5-6,9-10H2,1-4H3. The molecular formula is C17H24N4O.